The Morgan fingerprint density at radius 2 is 2.04 bits per heavy atom. The summed E-state index contributed by atoms with van der Waals surface area (Å²) in [5.41, 5.74) is 2.85. The summed E-state index contributed by atoms with van der Waals surface area (Å²) >= 11 is 0. The van der Waals surface area contributed by atoms with Crippen molar-refractivity contribution in [2.24, 2.45) is 0 Å². The van der Waals surface area contributed by atoms with Crippen molar-refractivity contribution in [3.63, 3.8) is 0 Å². The highest BCUT2D eigenvalue weighted by Gasteiger charge is 2.21. The molecule has 7 heteroatoms. The minimum absolute atomic E-state index is 0.507. The van der Waals surface area contributed by atoms with Crippen LogP contribution in [0.25, 0.3) is 11.0 Å². The monoisotopic (exact) mass is 323 g/mol. The van der Waals surface area contributed by atoms with Gasteiger partial charge in [0, 0.05) is 44.3 Å². The lowest BCUT2D eigenvalue weighted by atomic mass is 10.0. The van der Waals surface area contributed by atoms with Crippen molar-refractivity contribution in [1.29, 1.82) is 0 Å². The molecule has 1 saturated heterocycles. The van der Waals surface area contributed by atoms with Crippen LogP contribution >= 0.6 is 0 Å². The first-order valence-corrected chi connectivity index (χ1v) is 8.33. The molecule has 4 heterocycles. The van der Waals surface area contributed by atoms with E-state index in [1.807, 2.05) is 31.6 Å². The minimum Gasteiger partial charge on any atom is -0.356 e. The summed E-state index contributed by atoms with van der Waals surface area (Å²) in [5.74, 6) is 1.03. The molecule has 0 bridgehead atoms. The minimum atomic E-state index is 0.507. The topological polar surface area (TPSA) is 82.6 Å². The van der Waals surface area contributed by atoms with Crippen LogP contribution in [0.2, 0.25) is 0 Å². The Kier molecular flexibility index (Phi) is 4.08. The molecule has 1 fully saturated rings. The van der Waals surface area contributed by atoms with Crippen LogP contribution in [0.1, 0.15) is 24.2 Å². The van der Waals surface area contributed by atoms with Gasteiger partial charge in [0.2, 0.25) is 0 Å². The van der Waals surface area contributed by atoms with Crippen LogP contribution in [0.3, 0.4) is 0 Å². The van der Waals surface area contributed by atoms with Crippen LogP contribution in [-0.2, 0) is 6.54 Å². The third-order valence-corrected chi connectivity index (χ3v) is 4.53. The van der Waals surface area contributed by atoms with E-state index in [0.29, 0.717) is 6.04 Å². The van der Waals surface area contributed by atoms with Crippen molar-refractivity contribution in [2.75, 3.05) is 18.0 Å². The standard InChI is InChI=1S/C17H21N7/c1-12-8-20-14(9-19-12)10-21-13-3-6-24(7-4-13)17-15-2-5-18-16(15)22-11-23-17/h2,5,8-9,11,13,21H,3-4,6-7,10H2,1H3,(H,18,22,23). The second-order valence-electron chi connectivity index (χ2n) is 6.23. The molecule has 24 heavy (non-hydrogen) atoms. The van der Waals surface area contributed by atoms with Gasteiger partial charge in [-0.3, -0.25) is 9.97 Å². The fourth-order valence-corrected chi connectivity index (χ4v) is 3.17. The predicted molar refractivity (Wildman–Crippen MR) is 92.7 cm³/mol. The molecule has 7 nitrogen and oxygen atoms in total. The summed E-state index contributed by atoms with van der Waals surface area (Å²) in [6.07, 6.45) is 9.40. The van der Waals surface area contributed by atoms with Crippen molar-refractivity contribution in [2.45, 2.75) is 32.4 Å². The van der Waals surface area contributed by atoms with Crippen molar-refractivity contribution >= 4 is 16.9 Å². The maximum atomic E-state index is 4.49. The first-order valence-electron chi connectivity index (χ1n) is 8.33. The Morgan fingerprint density at radius 3 is 2.83 bits per heavy atom. The molecular formula is C17H21N7. The molecule has 3 aromatic heterocycles. The van der Waals surface area contributed by atoms with Gasteiger partial charge < -0.3 is 15.2 Å². The van der Waals surface area contributed by atoms with Crippen LogP contribution in [0, 0.1) is 6.92 Å². The zero-order valence-electron chi connectivity index (χ0n) is 13.7. The molecule has 0 amide bonds. The van der Waals surface area contributed by atoms with E-state index in [4.69, 9.17) is 0 Å². The van der Waals surface area contributed by atoms with Crippen molar-refractivity contribution in [3.8, 4) is 0 Å². The largest absolute Gasteiger partial charge is 0.356 e. The number of nitrogens with zero attached hydrogens (tertiary/aromatic N) is 5. The van der Waals surface area contributed by atoms with E-state index in [1.54, 1.807) is 6.33 Å². The smallest absolute Gasteiger partial charge is 0.142 e. The van der Waals surface area contributed by atoms with E-state index in [9.17, 15) is 0 Å². The predicted octanol–water partition coefficient (Wildman–Crippen LogP) is 1.81. The molecule has 0 radical (unpaired) electrons. The number of aryl methyl sites for hydroxylation is 1. The molecule has 3 aromatic rings. The first kappa shape index (κ1) is 15.0. The van der Waals surface area contributed by atoms with Gasteiger partial charge in [-0.25, -0.2) is 9.97 Å². The van der Waals surface area contributed by atoms with Crippen LogP contribution in [0.15, 0.2) is 31.0 Å². The van der Waals surface area contributed by atoms with Gasteiger partial charge >= 0.3 is 0 Å². The molecule has 2 N–H and O–H groups in total. The molecule has 1 aliphatic rings. The van der Waals surface area contributed by atoms with E-state index in [-0.39, 0.29) is 0 Å². The highest BCUT2D eigenvalue weighted by Crippen LogP contribution is 2.25. The van der Waals surface area contributed by atoms with Crippen LogP contribution < -0.4 is 10.2 Å². The number of nitrogens with one attached hydrogen (secondary N) is 2. The molecule has 124 valence electrons. The van der Waals surface area contributed by atoms with Crippen LogP contribution in [0.4, 0.5) is 5.82 Å². The fraction of sp³-hybridized carbons (Fsp3) is 0.412. The summed E-state index contributed by atoms with van der Waals surface area (Å²) in [7, 11) is 0. The van der Waals surface area contributed by atoms with Gasteiger partial charge in [-0.1, -0.05) is 0 Å². The van der Waals surface area contributed by atoms with Gasteiger partial charge in [-0.05, 0) is 25.8 Å². The number of hydrogen-bond acceptors (Lipinski definition) is 6. The van der Waals surface area contributed by atoms with Gasteiger partial charge in [0.05, 0.1) is 16.8 Å². The molecule has 0 saturated carbocycles. The number of anilines is 1. The number of piperidine rings is 1. The average molecular weight is 323 g/mol. The highest BCUT2D eigenvalue weighted by atomic mass is 15.2. The van der Waals surface area contributed by atoms with Gasteiger partial charge in [0.15, 0.2) is 0 Å². The summed E-state index contributed by atoms with van der Waals surface area (Å²) in [6.45, 7) is 4.71. The Morgan fingerprint density at radius 1 is 1.17 bits per heavy atom. The second kappa shape index (κ2) is 6.52. The number of H-pyrrole nitrogens is 1. The summed E-state index contributed by atoms with van der Waals surface area (Å²) < 4.78 is 0. The summed E-state index contributed by atoms with van der Waals surface area (Å²) in [6, 6.07) is 2.55. The molecule has 0 aliphatic carbocycles. The Labute approximate surface area is 140 Å². The zero-order chi connectivity index (χ0) is 16.4. The molecular weight excluding hydrogens is 302 g/mol. The normalized spacial score (nSPS) is 16.0. The molecule has 0 atom stereocenters. The zero-order valence-corrected chi connectivity index (χ0v) is 13.7. The molecule has 4 rings (SSSR count). The number of hydrogen-bond donors (Lipinski definition) is 2. The summed E-state index contributed by atoms with van der Waals surface area (Å²) in [5, 5.41) is 4.69. The Balaban J connectivity index is 1.35. The van der Waals surface area contributed by atoms with E-state index in [1.165, 1.54) is 0 Å². The van der Waals surface area contributed by atoms with Gasteiger partial charge in [0.1, 0.15) is 17.8 Å². The SMILES string of the molecule is Cc1cnc(CNC2CCN(c3ncnc4[nH]ccc34)CC2)cn1. The Bertz CT molecular complexity index is 803. The number of rotatable bonds is 4. The maximum Gasteiger partial charge on any atom is 0.142 e. The van der Waals surface area contributed by atoms with Crippen molar-refractivity contribution in [1.82, 2.24) is 30.2 Å². The number of aromatic nitrogens is 5. The van der Waals surface area contributed by atoms with E-state index < -0.39 is 0 Å². The van der Waals surface area contributed by atoms with Crippen molar-refractivity contribution in [3.05, 3.63) is 42.4 Å². The van der Waals surface area contributed by atoms with Crippen molar-refractivity contribution < 1.29 is 0 Å². The Hall–Kier alpha value is -2.54. The third kappa shape index (κ3) is 3.07. The van der Waals surface area contributed by atoms with Gasteiger partial charge in [-0.15, -0.1) is 0 Å². The molecule has 0 aromatic carbocycles. The highest BCUT2D eigenvalue weighted by molar-refractivity contribution is 5.87. The quantitative estimate of drug-likeness (QED) is 0.762. The van der Waals surface area contributed by atoms with E-state index in [2.05, 4.69) is 35.1 Å². The lowest BCUT2D eigenvalue weighted by Crippen LogP contribution is -2.42. The van der Waals surface area contributed by atoms with Crippen LogP contribution in [-0.4, -0.2) is 44.1 Å². The summed E-state index contributed by atoms with van der Waals surface area (Å²) in [4.78, 5) is 22.9. The lowest BCUT2D eigenvalue weighted by molar-refractivity contribution is 0.411. The average Bonchev–Trinajstić information content (AvgIpc) is 3.10. The second-order valence-corrected chi connectivity index (χ2v) is 6.23. The van der Waals surface area contributed by atoms with E-state index in [0.717, 1.165) is 60.7 Å². The molecule has 0 spiro atoms. The fourth-order valence-electron chi connectivity index (χ4n) is 3.17. The molecule has 1 aliphatic heterocycles. The number of aromatic amines is 1. The maximum absolute atomic E-state index is 4.49. The van der Waals surface area contributed by atoms with Gasteiger partial charge in [0.25, 0.3) is 0 Å². The van der Waals surface area contributed by atoms with Gasteiger partial charge in [-0.2, -0.15) is 0 Å². The van der Waals surface area contributed by atoms with Crippen LogP contribution in [0.5, 0.6) is 0 Å². The third-order valence-electron chi connectivity index (χ3n) is 4.53. The van der Waals surface area contributed by atoms with E-state index >= 15 is 0 Å². The first-order chi connectivity index (χ1) is 11.8. The molecule has 0 unspecified atom stereocenters. The number of fused-ring (bicyclic) bond motifs is 1. The lowest BCUT2D eigenvalue weighted by Gasteiger charge is -2.33.